The molecule has 13 heavy (non-hydrogen) atoms. The Hall–Kier alpha value is -1.30. The molecule has 0 saturated carbocycles. The lowest BCUT2D eigenvalue weighted by Gasteiger charge is -2.04. The van der Waals surface area contributed by atoms with Gasteiger partial charge in [0.15, 0.2) is 0 Å². The zero-order valence-corrected chi connectivity index (χ0v) is 7.93. The van der Waals surface area contributed by atoms with Crippen molar-refractivity contribution in [3.8, 4) is 0 Å². The van der Waals surface area contributed by atoms with Crippen LogP contribution in [0.1, 0.15) is 0 Å². The van der Waals surface area contributed by atoms with E-state index in [1.54, 1.807) is 0 Å². The Morgan fingerprint density at radius 2 is 2.23 bits per heavy atom. The van der Waals surface area contributed by atoms with Crippen LogP contribution in [0.15, 0.2) is 16.6 Å². The lowest BCUT2D eigenvalue weighted by Crippen LogP contribution is -2.08. The summed E-state index contributed by atoms with van der Waals surface area (Å²) in [5.41, 5.74) is 5.62. The molecule has 0 fully saturated rings. The minimum absolute atomic E-state index is 0.103. The van der Waals surface area contributed by atoms with E-state index in [0.29, 0.717) is 0 Å². The second-order valence-electron chi connectivity index (χ2n) is 2.29. The molecule has 1 aromatic rings. The number of rotatable bonds is 1. The number of anilines is 2. The van der Waals surface area contributed by atoms with Crippen molar-refractivity contribution >= 4 is 33.4 Å². The molecular formula is C7H6BrFN2O2. The molecule has 0 aliphatic heterocycles. The Bertz CT molecular complexity index is 333. The van der Waals surface area contributed by atoms with Gasteiger partial charge in [-0.3, -0.25) is 5.32 Å². The van der Waals surface area contributed by atoms with Gasteiger partial charge in [-0.15, -0.1) is 0 Å². The molecule has 1 amide bonds. The molecule has 70 valence electrons. The van der Waals surface area contributed by atoms with Crippen molar-refractivity contribution < 1.29 is 14.3 Å². The van der Waals surface area contributed by atoms with Gasteiger partial charge in [-0.1, -0.05) is 0 Å². The molecule has 4 N–H and O–H groups in total. The number of carboxylic acid groups (broad SMARTS) is 1. The Labute approximate surface area is 81.7 Å². The molecule has 0 aliphatic rings. The monoisotopic (exact) mass is 248 g/mol. The number of nitrogen functional groups attached to an aromatic ring is 1. The minimum atomic E-state index is -1.26. The standard InChI is InChI=1S/C7H6BrFN2O2/c8-6-4(9)1-3(2-5(6)10)11-7(12)13/h1-2,11H,10H2,(H,12,13). The number of nitrogens with two attached hydrogens (primary N) is 1. The number of halogens is 2. The van der Waals surface area contributed by atoms with E-state index in [-0.39, 0.29) is 15.8 Å². The average Bonchev–Trinajstić information content (AvgIpc) is 1.98. The molecule has 0 saturated heterocycles. The van der Waals surface area contributed by atoms with Crippen LogP contribution in [0.4, 0.5) is 20.6 Å². The SMILES string of the molecule is Nc1cc(NC(=O)O)cc(F)c1Br. The van der Waals surface area contributed by atoms with Crippen molar-refractivity contribution in [1.29, 1.82) is 0 Å². The van der Waals surface area contributed by atoms with Crippen LogP contribution in [0.25, 0.3) is 0 Å². The first kappa shape index (κ1) is 9.79. The van der Waals surface area contributed by atoms with Gasteiger partial charge in [-0.2, -0.15) is 0 Å². The van der Waals surface area contributed by atoms with Crippen LogP contribution in [-0.2, 0) is 0 Å². The van der Waals surface area contributed by atoms with Gasteiger partial charge < -0.3 is 10.8 Å². The van der Waals surface area contributed by atoms with E-state index in [2.05, 4.69) is 15.9 Å². The van der Waals surface area contributed by atoms with E-state index in [1.165, 1.54) is 6.07 Å². The third kappa shape index (κ3) is 2.32. The molecule has 1 rings (SSSR count). The fourth-order valence-electron chi connectivity index (χ4n) is 0.806. The molecule has 0 aliphatic carbocycles. The first-order valence-corrected chi connectivity index (χ1v) is 4.04. The molecule has 0 bridgehead atoms. The molecule has 0 atom stereocenters. The van der Waals surface area contributed by atoms with Gasteiger partial charge in [0, 0.05) is 5.69 Å². The summed E-state index contributed by atoms with van der Waals surface area (Å²) < 4.78 is 13.1. The maximum absolute atomic E-state index is 12.9. The second kappa shape index (κ2) is 3.61. The normalized spacial score (nSPS) is 9.69. The lowest BCUT2D eigenvalue weighted by atomic mass is 10.3. The van der Waals surface area contributed by atoms with Gasteiger partial charge >= 0.3 is 6.09 Å². The quantitative estimate of drug-likeness (QED) is 0.668. The first-order valence-electron chi connectivity index (χ1n) is 3.25. The van der Waals surface area contributed by atoms with Gasteiger partial charge in [0.05, 0.1) is 10.2 Å². The third-order valence-electron chi connectivity index (χ3n) is 1.31. The Morgan fingerprint density at radius 1 is 1.62 bits per heavy atom. The summed E-state index contributed by atoms with van der Waals surface area (Å²) in [4.78, 5) is 10.2. The minimum Gasteiger partial charge on any atom is -0.465 e. The molecule has 0 aromatic heterocycles. The van der Waals surface area contributed by atoms with E-state index in [0.717, 1.165) is 6.07 Å². The Kier molecular flexibility index (Phi) is 2.72. The highest BCUT2D eigenvalue weighted by atomic mass is 79.9. The molecule has 0 heterocycles. The van der Waals surface area contributed by atoms with E-state index < -0.39 is 11.9 Å². The van der Waals surface area contributed by atoms with Crippen LogP contribution in [0, 0.1) is 5.82 Å². The summed E-state index contributed by atoms with van der Waals surface area (Å²) in [5, 5.41) is 10.3. The van der Waals surface area contributed by atoms with Gasteiger partial charge in [0.1, 0.15) is 5.82 Å². The molecule has 0 radical (unpaired) electrons. The van der Waals surface area contributed by atoms with Crippen LogP contribution in [0.3, 0.4) is 0 Å². The van der Waals surface area contributed by atoms with E-state index in [1.807, 2.05) is 5.32 Å². The van der Waals surface area contributed by atoms with Crippen molar-refractivity contribution in [3.63, 3.8) is 0 Å². The number of benzene rings is 1. The molecular weight excluding hydrogens is 243 g/mol. The zero-order chi connectivity index (χ0) is 10.0. The highest BCUT2D eigenvalue weighted by Gasteiger charge is 2.07. The molecule has 0 spiro atoms. The number of carbonyl (C=O) groups is 1. The van der Waals surface area contributed by atoms with Gasteiger partial charge in [0.2, 0.25) is 0 Å². The molecule has 0 unspecified atom stereocenters. The topological polar surface area (TPSA) is 75.3 Å². The van der Waals surface area contributed by atoms with Crippen molar-refractivity contribution in [2.45, 2.75) is 0 Å². The molecule has 1 aromatic carbocycles. The lowest BCUT2D eigenvalue weighted by molar-refractivity contribution is 0.210. The third-order valence-corrected chi connectivity index (χ3v) is 2.14. The van der Waals surface area contributed by atoms with Crippen LogP contribution in [0.2, 0.25) is 0 Å². The van der Waals surface area contributed by atoms with Crippen LogP contribution in [-0.4, -0.2) is 11.2 Å². The van der Waals surface area contributed by atoms with Crippen molar-refractivity contribution in [3.05, 3.63) is 22.4 Å². The van der Waals surface area contributed by atoms with Crippen molar-refractivity contribution in [2.75, 3.05) is 11.1 Å². The molecule has 4 nitrogen and oxygen atoms in total. The van der Waals surface area contributed by atoms with E-state index in [4.69, 9.17) is 10.8 Å². The predicted octanol–water partition coefficient (Wildman–Crippen LogP) is 2.26. The van der Waals surface area contributed by atoms with Crippen LogP contribution >= 0.6 is 15.9 Å². The average molecular weight is 249 g/mol. The highest BCUT2D eigenvalue weighted by molar-refractivity contribution is 9.10. The summed E-state index contributed by atoms with van der Waals surface area (Å²) in [6.45, 7) is 0. The van der Waals surface area contributed by atoms with Crippen molar-refractivity contribution in [1.82, 2.24) is 0 Å². The van der Waals surface area contributed by atoms with Crippen LogP contribution < -0.4 is 11.1 Å². The van der Waals surface area contributed by atoms with Gasteiger partial charge in [0.25, 0.3) is 0 Å². The smallest absolute Gasteiger partial charge is 0.409 e. The number of nitrogens with one attached hydrogen (secondary N) is 1. The Balaban J connectivity index is 3.06. The fourth-order valence-corrected chi connectivity index (χ4v) is 1.03. The number of hydrogen-bond donors (Lipinski definition) is 3. The highest BCUT2D eigenvalue weighted by Crippen LogP contribution is 2.26. The van der Waals surface area contributed by atoms with E-state index >= 15 is 0 Å². The first-order chi connectivity index (χ1) is 6.00. The predicted molar refractivity (Wildman–Crippen MR) is 50.2 cm³/mol. The number of amides is 1. The largest absolute Gasteiger partial charge is 0.465 e. The molecule has 6 heteroatoms. The summed E-state index contributed by atoms with van der Waals surface area (Å²) in [6.07, 6.45) is -1.26. The van der Waals surface area contributed by atoms with E-state index in [9.17, 15) is 9.18 Å². The van der Waals surface area contributed by atoms with Gasteiger partial charge in [-0.05, 0) is 28.1 Å². The Morgan fingerprint density at radius 3 is 2.69 bits per heavy atom. The summed E-state index contributed by atoms with van der Waals surface area (Å²) in [5.74, 6) is -0.608. The van der Waals surface area contributed by atoms with Crippen LogP contribution in [0.5, 0.6) is 0 Å². The maximum atomic E-state index is 12.9. The summed E-state index contributed by atoms with van der Waals surface area (Å²) in [7, 11) is 0. The zero-order valence-electron chi connectivity index (χ0n) is 6.34. The maximum Gasteiger partial charge on any atom is 0.409 e. The summed E-state index contributed by atoms with van der Waals surface area (Å²) >= 11 is 2.90. The second-order valence-corrected chi connectivity index (χ2v) is 3.08. The fraction of sp³-hybridized carbons (Fsp3) is 0. The summed E-state index contributed by atoms with van der Waals surface area (Å²) in [6, 6.07) is 2.36. The van der Waals surface area contributed by atoms with Crippen molar-refractivity contribution in [2.24, 2.45) is 0 Å². The van der Waals surface area contributed by atoms with Gasteiger partial charge in [-0.25, -0.2) is 9.18 Å². The number of hydrogen-bond acceptors (Lipinski definition) is 2.